The molecule has 0 saturated carbocycles. The number of nitrogens with two attached hydrogens (primary N) is 1. The third kappa shape index (κ3) is 5.57. The summed E-state index contributed by atoms with van der Waals surface area (Å²) >= 11 is 0.518. The monoisotopic (exact) mass is 514 g/mol. The molecule has 0 saturated heterocycles. The number of halogens is 2. The molecule has 0 amide bonds. The van der Waals surface area contributed by atoms with E-state index in [4.69, 9.17) is 5.73 Å². The molecule has 0 bridgehead atoms. The maximum absolute atomic E-state index is 5.66. The average Bonchev–Trinajstić information content (AvgIpc) is 2.48. The number of benzene rings is 1. The summed E-state index contributed by atoms with van der Waals surface area (Å²) in [7, 11) is 0.416. The Bertz CT molecular complexity index is 550. The molecule has 110 valence electrons. The molecule has 1 aromatic carbocycles. The Labute approximate surface area is 141 Å². The van der Waals surface area contributed by atoms with Gasteiger partial charge < -0.3 is 0 Å². The molecule has 1 unspecified atom stereocenters. The van der Waals surface area contributed by atoms with Crippen LogP contribution >= 0.6 is 28.4 Å². The summed E-state index contributed by atoms with van der Waals surface area (Å²) in [6, 6.07) is 7.68. The van der Waals surface area contributed by atoms with E-state index < -0.39 is 0 Å². The minimum atomic E-state index is 0.232. The van der Waals surface area contributed by atoms with Crippen molar-refractivity contribution in [3.63, 3.8) is 0 Å². The number of alkyl halides is 2. The molecule has 1 aliphatic heterocycles. The molecule has 1 aromatic rings. The van der Waals surface area contributed by atoms with Gasteiger partial charge in [0.2, 0.25) is 0 Å². The molecule has 0 fully saturated rings. The van der Waals surface area contributed by atoms with Crippen LogP contribution in [0.25, 0.3) is 0 Å². The first kappa shape index (κ1) is 16.0. The summed E-state index contributed by atoms with van der Waals surface area (Å²) in [5.41, 5.74) is 14.9. The molecule has 4 N–H and O–H groups in total. The SMILES string of the molecule is C=ICC[I-]S1=CC=C(NNc2ccc(N)cc2)C=C1. The van der Waals surface area contributed by atoms with Crippen LogP contribution in [0.2, 0.25) is 0 Å². The molecule has 0 aliphatic carbocycles. The number of hydrogen-bond acceptors (Lipinski definition) is 3. The fraction of sp³-hybridized carbons (Fsp3) is 0.143. The Balaban J connectivity index is 1.82. The van der Waals surface area contributed by atoms with Gasteiger partial charge in [-0.25, -0.2) is 0 Å². The van der Waals surface area contributed by atoms with Gasteiger partial charge in [-0.3, -0.25) is 0 Å². The molecule has 1 atom stereocenters. The number of rotatable bonds is 7. The zero-order valence-electron chi connectivity index (χ0n) is 11.0. The van der Waals surface area contributed by atoms with Crippen molar-refractivity contribution in [2.75, 3.05) is 20.0 Å². The van der Waals surface area contributed by atoms with E-state index in [0.29, 0.717) is 7.66 Å². The summed E-state index contributed by atoms with van der Waals surface area (Å²) in [6.45, 7) is 0. The minimum absolute atomic E-state index is 0.232. The van der Waals surface area contributed by atoms with Gasteiger partial charge in [-0.05, 0) is 0 Å². The predicted molar refractivity (Wildman–Crippen MR) is 99.4 cm³/mol. The summed E-state index contributed by atoms with van der Waals surface area (Å²) in [5, 5.41) is 4.67. The number of allylic oxidation sites excluding steroid dienone is 2. The second kappa shape index (κ2) is 8.83. The Morgan fingerprint density at radius 3 is 2.70 bits per heavy atom. The van der Waals surface area contributed by atoms with Gasteiger partial charge in [0.15, 0.2) is 0 Å². The second-order valence-corrected chi connectivity index (χ2v) is 13.5. The van der Waals surface area contributed by atoms with E-state index in [1.807, 2.05) is 24.3 Å². The van der Waals surface area contributed by atoms with Crippen LogP contribution in [-0.4, -0.2) is 18.7 Å². The van der Waals surface area contributed by atoms with Crippen LogP contribution in [0.3, 0.4) is 0 Å². The zero-order valence-corrected chi connectivity index (χ0v) is 16.1. The van der Waals surface area contributed by atoms with Crippen molar-refractivity contribution in [1.82, 2.24) is 5.43 Å². The van der Waals surface area contributed by atoms with E-state index in [1.54, 1.807) is 0 Å². The van der Waals surface area contributed by atoms with Crippen molar-refractivity contribution in [3.05, 3.63) is 47.5 Å². The van der Waals surface area contributed by atoms with E-state index in [2.05, 4.69) is 38.3 Å². The zero-order chi connectivity index (χ0) is 14.2. The van der Waals surface area contributed by atoms with Crippen LogP contribution in [0, 0.1) is 0 Å². The van der Waals surface area contributed by atoms with Gasteiger partial charge in [0.25, 0.3) is 0 Å². The van der Waals surface area contributed by atoms with E-state index >= 15 is 0 Å². The number of nitrogens with one attached hydrogen (secondary N) is 2. The number of hydrogen-bond donors (Lipinski definition) is 3. The normalized spacial score (nSPS) is 17.4. The molecular formula is C14H18I2N3S-. The molecular weight excluding hydrogens is 496 g/mol. The van der Waals surface area contributed by atoms with Crippen molar-refractivity contribution in [1.29, 1.82) is 0 Å². The van der Waals surface area contributed by atoms with Crippen LogP contribution in [0.1, 0.15) is 0 Å². The van der Waals surface area contributed by atoms with Gasteiger partial charge in [0.1, 0.15) is 0 Å². The molecule has 2 rings (SSSR count). The molecule has 20 heavy (non-hydrogen) atoms. The Hall–Kier alpha value is -0.350. The maximum atomic E-state index is 5.66. The van der Waals surface area contributed by atoms with Gasteiger partial charge in [0.05, 0.1) is 0 Å². The Morgan fingerprint density at radius 2 is 2.05 bits per heavy atom. The topological polar surface area (TPSA) is 50.1 Å². The van der Waals surface area contributed by atoms with Crippen LogP contribution in [0.4, 0.5) is 11.4 Å². The molecule has 1 heterocycles. The first-order valence-corrected chi connectivity index (χ1v) is 14.5. The van der Waals surface area contributed by atoms with Crippen LogP contribution in [0.15, 0.2) is 47.5 Å². The average molecular weight is 514 g/mol. The first-order valence-electron chi connectivity index (χ1n) is 6.03. The van der Waals surface area contributed by atoms with E-state index in [0.717, 1.165) is 17.1 Å². The van der Waals surface area contributed by atoms with Crippen LogP contribution in [0.5, 0.6) is 0 Å². The van der Waals surface area contributed by atoms with Gasteiger partial charge in [0, 0.05) is 0 Å². The molecule has 0 radical (unpaired) electrons. The molecule has 1 aliphatic rings. The van der Waals surface area contributed by atoms with Gasteiger partial charge in [-0.15, -0.1) is 0 Å². The molecule has 6 heteroatoms. The van der Waals surface area contributed by atoms with Crippen molar-refractivity contribution in [3.8, 4) is 0 Å². The summed E-state index contributed by atoms with van der Waals surface area (Å²) in [6.07, 6.45) is 4.35. The summed E-state index contributed by atoms with van der Waals surface area (Å²) in [5.74, 6) is 0. The van der Waals surface area contributed by atoms with Crippen molar-refractivity contribution in [2.45, 2.75) is 0 Å². The number of hydrazine groups is 1. The molecule has 0 aromatic heterocycles. The van der Waals surface area contributed by atoms with Gasteiger partial charge in [-0.2, -0.15) is 0 Å². The molecule has 3 nitrogen and oxygen atoms in total. The van der Waals surface area contributed by atoms with Crippen molar-refractivity contribution in [2.24, 2.45) is 0 Å². The quantitative estimate of drug-likeness (QED) is 0.121. The van der Waals surface area contributed by atoms with Gasteiger partial charge >= 0.3 is 142 Å². The number of anilines is 2. The number of nitrogen functional groups attached to an aromatic ring is 1. The van der Waals surface area contributed by atoms with Crippen molar-refractivity contribution < 1.29 is 19.8 Å². The standard InChI is InChI=1S/C14H18I2N3S/c1-15-8-9-16-20-10-6-14(7-11-20)19-18-13-4-2-12(17)3-5-13/h2-7,10-11,18-19H,1,8-9,17H2/q-1. The fourth-order valence-electron chi connectivity index (χ4n) is 1.41. The predicted octanol–water partition coefficient (Wildman–Crippen LogP) is 0.0743. The summed E-state index contributed by atoms with van der Waals surface area (Å²) < 4.78 is 6.80. The van der Waals surface area contributed by atoms with Gasteiger partial charge in [-0.1, -0.05) is 0 Å². The van der Waals surface area contributed by atoms with Crippen LogP contribution < -0.4 is 36.4 Å². The summed E-state index contributed by atoms with van der Waals surface area (Å²) in [4.78, 5) is 0. The fourth-order valence-corrected chi connectivity index (χ4v) is 12.2. The first-order chi connectivity index (χ1) is 9.78. The second-order valence-electron chi connectivity index (χ2n) is 3.92. The molecule has 0 spiro atoms. The third-order valence-electron chi connectivity index (χ3n) is 2.43. The Morgan fingerprint density at radius 1 is 1.25 bits per heavy atom. The van der Waals surface area contributed by atoms with E-state index in [9.17, 15) is 0 Å². The van der Waals surface area contributed by atoms with E-state index in [-0.39, 0.29) is 40.6 Å². The van der Waals surface area contributed by atoms with E-state index in [1.165, 1.54) is 8.86 Å². The Kier molecular flexibility index (Phi) is 7.08. The van der Waals surface area contributed by atoms with Crippen molar-refractivity contribution >= 4 is 49.6 Å². The van der Waals surface area contributed by atoms with Crippen LogP contribution in [-0.2, 0) is 0 Å². The third-order valence-corrected chi connectivity index (χ3v) is 12.8.